The molecule has 0 saturated carbocycles. The SMILES string of the molecule is CCN(CC)C(C)(C)C(Cc1sccc1Br)NN. The summed E-state index contributed by atoms with van der Waals surface area (Å²) in [6.07, 6.45) is 0.943. The molecule has 1 aromatic heterocycles. The molecule has 5 heteroatoms. The van der Waals surface area contributed by atoms with Gasteiger partial charge in [0.05, 0.1) is 0 Å². The summed E-state index contributed by atoms with van der Waals surface area (Å²) in [6.45, 7) is 11.0. The van der Waals surface area contributed by atoms with Gasteiger partial charge >= 0.3 is 0 Å². The van der Waals surface area contributed by atoms with Gasteiger partial charge in [-0.15, -0.1) is 11.3 Å². The van der Waals surface area contributed by atoms with Crippen molar-refractivity contribution < 1.29 is 0 Å². The van der Waals surface area contributed by atoms with E-state index in [9.17, 15) is 0 Å². The van der Waals surface area contributed by atoms with Gasteiger partial charge in [0.2, 0.25) is 0 Å². The van der Waals surface area contributed by atoms with Gasteiger partial charge in [0.1, 0.15) is 0 Å². The van der Waals surface area contributed by atoms with E-state index in [1.165, 1.54) is 9.35 Å². The highest BCUT2D eigenvalue weighted by Crippen LogP contribution is 2.28. The monoisotopic (exact) mass is 333 g/mol. The number of likely N-dealkylation sites (N-methyl/N-ethyl adjacent to an activating group) is 1. The molecule has 3 nitrogen and oxygen atoms in total. The number of hydrogen-bond acceptors (Lipinski definition) is 4. The number of nitrogens with zero attached hydrogens (tertiary/aromatic N) is 1. The van der Waals surface area contributed by atoms with Crippen molar-refractivity contribution in [3.05, 3.63) is 20.8 Å². The maximum atomic E-state index is 5.79. The van der Waals surface area contributed by atoms with Crippen molar-refractivity contribution in [1.29, 1.82) is 0 Å². The number of thiophene rings is 1. The number of rotatable bonds is 7. The van der Waals surface area contributed by atoms with Gasteiger partial charge in [-0.3, -0.25) is 16.2 Å². The van der Waals surface area contributed by atoms with Crippen LogP contribution in [0.15, 0.2) is 15.9 Å². The largest absolute Gasteiger partial charge is 0.297 e. The van der Waals surface area contributed by atoms with E-state index in [0.29, 0.717) is 0 Å². The minimum atomic E-state index is 0.0294. The Bertz CT molecular complexity index is 361. The molecule has 1 heterocycles. The Kier molecular flexibility index (Phi) is 6.27. The van der Waals surface area contributed by atoms with Crippen LogP contribution in [0.5, 0.6) is 0 Å². The highest BCUT2D eigenvalue weighted by atomic mass is 79.9. The molecule has 0 amide bonds. The molecule has 1 atom stereocenters. The third-order valence-corrected chi connectivity index (χ3v) is 5.66. The second kappa shape index (κ2) is 7.01. The van der Waals surface area contributed by atoms with Gasteiger partial charge in [-0.2, -0.15) is 0 Å². The van der Waals surface area contributed by atoms with Gasteiger partial charge < -0.3 is 0 Å². The molecule has 1 rings (SSSR count). The zero-order valence-corrected chi connectivity index (χ0v) is 14.1. The summed E-state index contributed by atoms with van der Waals surface area (Å²) in [5.74, 6) is 5.79. The van der Waals surface area contributed by atoms with Crippen LogP contribution in [0.25, 0.3) is 0 Å². The fraction of sp³-hybridized carbons (Fsp3) is 0.692. The number of hydrazine groups is 1. The molecular formula is C13H24BrN3S. The van der Waals surface area contributed by atoms with Crippen LogP contribution in [0, 0.1) is 0 Å². The number of nitrogens with one attached hydrogen (secondary N) is 1. The van der Waals surface area contributed by atoms with Crippen molar-refractivity contribution in [3.8, 4) is 0 Å². The molecule has 0 aliphatic rings. The summed E-state index contributed by atoms with van der Waals surface area (Å²) in [4.78, 5) is 3.79. The topological polar surface area (TPSA) is 41.3 Å². The first-order valence-electron chi connectivity index (χ1n) is 6.40. The summed E-state index contributed by atoms with van der Waals surface area (Å²) in [5, 5.41) is 2.11. The number of hydrogen-bond donors (Lipinski definition) is 2. The summed E-state index contributed by atoms with van der Waals surface area (Å²) in [7, 11) is 0. The van der Waals surface area contributed by atoms with Gasteiger partial charge in [0.25, 0.3) is 0 Å². The second-order valence-corrected chi connectivity index (χ2v) is 6.80. The minimum absolute atomic E-state index is 0.0294. The number of halogens is 1. The van der Waals surface area contributed by atoms with E-state index in [4.69, 9.17) is 5.84 Å². The normalized spacial score (nSPS) is 14.2. The standard InChI is InChI=1S/C13H24BrN3S/c1-5-17(6-2)13(3,4)12(16-15)9-11-10(14)7-8-18-11/h7-8,12,16H,5-6,9,15H2,1-4H3. The van der Waals surface area contributed by atoms with E-state index in [-0.39, 0.29) is 11.6 Å². The summed E-state index contributed by atoms with van der Waals surface area (Å²) in [6, 6.07) is 2.32. The predicted molar refractivity (Wildman–Crippen MR) is 83.8 cm³/mol. The molecule has 0 aliphatic heterocycles. The lowest BCUT2D eigenvalue weighted by molar-refractivity contribution is 0.0915. The Hall–Kier alpha value is 0.0600. The molecule has 0 aromatic carbocycles. The summed E-state index contributed by atoms with van der Waals surface area (Å²) in [5.41, 5.74) is 3.03. The molecule has 0 radical (unpaired) electrons. The molecule has 3 N–H and O–H groups in total. The summed E-state index contributed by atoms with van der Waals surface area (Å²) < 4.78 is 1.18. The van der Waals surface area contributed by atoms with E-state index in [0.717, 1.165) is 19.5 Å². The quantitative estimate of drug-likeness (QED) is 0.595. The van der Waals surface area contributed by atoms with Crippen molar-refractivity contribution in [3.63, 3.8) is 0 Å². The third-order valence-electron chi connectivity index (χ3n) is 3.71. The Balaban J connectivity index is 2.85. The Morgan fingerprint density at radius 1 is 1.44 bits per heavy atom. The van der Waals surface area contributed by atoms with Crippen molar-refractivity contribution in [2.75, 3.05) is 13.1 Å². The third kappa shape index (κ3) is 3.54. The highest BCUT2D eigenvalue weighted by molar-refractivity contribution is 9.10. The first kappa shape index (κ1) is 16.1. The van der Waals surface area contributed by atoms with Crippen molar-refractivity contribution in [1.82, 2.24) is 10.3 Å². The molecular weight excluding hydrogens is 310 g/mol. The maximum Gasteiger partial charge on any atom is 0.0437 e. The van der Waals surface area contributed by atoms with Crippen molar-refractivity contribution >= 4 is 27.3 Å². The second-order valence-electron chi connectivity index (χ2n) is 4.94. The van der Waals surface area contributed by atoms with Gasteiger partial charge in [-0.05, 0) is 54.3 Å². The molecule has 0 saturated heterocycles. The minimum Gasteiger partial charge on any atom is -0.297 e. The van der Waals surface area contributed by atoms with Crippen molar-refractivity contribution in [2.24, 2.45) is 5.84 Å². The Morgan fingerprint density at radius 2 is 2.06 bits per heavy atom. The van der Waals surface area contributed by atoms with Crippen LogP contribution < -0.4 is 11.3 Å². The van der Waals surface area contributed by atoms with Crippen LogP contribution in [0.3, 0.4) is 0 Å². The highest BCUT2D eigenvalue weighted by Gasteiger charge is 2.33. The van der Waals surface area contributed by atoms with Crippen molar-refractivity contribution in [2.45, 2.75) is 45.7 Å². The average molecular weight is 334 g/mol. The Labute approximate surface area is 123 Å². The van der Waals surface area contributed by atoms with E-state index in [2.05, 4.69) is 65.4 Å². The Morgan fingerprint density at radius 3 is 2.44 bits per heavy atom. The molecule has 104 valence electrons. The molecule has 0 bridgehead atoms. The van der Waals surface area contributed by atoms with E-state index in [1.807, 2.05) is 0 Å². The zero-order chi connectivity index (χ0) is 13.8. The smallest absolute Gasteiger partial charge is 0.0437 e. The molecule has 1 aromatic rings. The fourth-order valence-corrected chi connectivity index (χ4v) is 3.99. The van der Waals surface area contributed by atoms with Gasteiger partial charge in [0.15, 0.2) is 0 Å². The van der Waals surface area contributed by atoms with Crippen LogP contribution in [0.1, 0.15) is 32.6 Å². The molecule has 1 unspecified atom stereocenters. The fourth-order valence-electron chi connectivity index (χ4n) is 2.43. The lowest BCUT2D eigenvalue weighted by Crippen LogP contribution is -2.60. The molecule has 0 spiro atoms. The first-order valence-corrected chi connectivity index (χ1v) is 8.07. The van der Waals surface area contributed by atoms with Crippen LogP contribution in [-0.2, 0) is 6.42 Å². The van der Waals surface area contributed by atoms with Crippen LogP contribution in [-0.4, -0.2) is 29.6 Å². The molecule has 0 aliphatic carbocycles. The molecule has 0 fully saturated rings. The van der Waals surface area contributed by atoms with E-state index >= 15 is 0 Å². The maximum absolute atomic E-state index is 5.79. The van der Waals surface area contributed by atoms with E-state index in [1.54, 1.807) is 11.3 Å². The van der Waals surface area contributed by atoms with Crippen LogP contribution >= 0.6 is 27.3 Å². The average Bonchev–Trinajstić information content (AvgIpc) is 2.72. The van der Waals surface area contributed by atoms with Crippen LogP contribution in [0.4, 0.5) is 0 Å². The van der Waals surface area contributed by atoms with Crippen LogP contribution in [0.2, 0.25) is 0 Å². The summed E-state index contributed by atoms with van der Waals surface area (Å²) >= 11 is 5.37. The van der Waals surface area contributed by atoms with Gasteiger partial charge in [-0.25, -0.2) is 0 Å². The molecule has 18 heavy (non-hydrogen) atoms. The number of nitrogens with two attached hydrogens (primary N) is 1. The van der Waals surface area contributed by atoms with Gasteiger partial charge in [0, 0.05) is 27.4 Å². The predicted octanol–water partition coefficient (Wildman–Crippen LogP) is 3.01. The van der Waals surface area contributed by atoms with Gasteiger partial charge in [-0.1, -0.05) is 13.8 Å². The lowest BCUT2D eigenvalue weighted by Gasteiger charge is -2.43. The first-order chi connectivity index (χ1) is 8.47. The lowest BCUT2D eigenvalue weighted by atomic mass is 9.89. The zero-order valence-electron chi connectivity index (χ0n) is 11.7. The van der Waals surface area contributed by atoms with E-state index < -0.39 is 0 Å².